The van der Waals surface area contributed by atoms with Crippen molar-refractivity contribution in [3.63, 3.8) is 0 Å². The van der Waals surface area contributed by atoms with Crippen molar-refractivity contribution in [1.29, 1.82) is 0 Å². The van der Waals surface area contributed by atoms with Gasteiger partial charge in [-0.25, -0.2) is 4.98 Å². The maximum Gasteiger partial charge on any atom is 0.222 e. The van der Waals surface area contributed by atoms with E-state index in [1.165, 1.54) is 6.42 Å². The minimum Gasteiger partial charge on any atom is -0.368 e. The molecule has 0 aromatic carbocycles. The maximum absolute atomic E-state index is 5.63. The molecule has 0 amide bonds. The fraction of sp³-hybridized carbons (Fsp3) is 0.636. The van der Waals surface area contributed by atoms with Crippen molar-refractivity contribution in [2.75, 3.05) is 23.7 Å². The summed E-state index contributed by atoms with van der Waals surface area (Å²) in [5.41, 5.74) is 5.63. The normalized spacial score (nSPS) is 25.8. The SMILES string of the molecule is CC1CC(C)CN(c2nc(N)ncc2Br)C1. The summed E-state index contributed by atoms with van der Waals surface area (Å²) in [6.07, 6.45) is 3.01. The van der Waals surface area contributed by atoms with Gasteiger partial charge in [0.15, 0.2) is 0 Å². The van der Waals surface area contributed by atoms with Gasteiger partial charge in [-0.1, -0.05) is 13.8 Å². The largest absolute Gasteiger partial charge is 0.368 e. The molecule has 2 N–H and O–H groups in total. The monoisotopic (exact) mass is 284 g/mol. The van der Waals surface area contributed by atoms with Gasteiger partial charge in [-0.05, 0) is 34.2 Å². The zero-order valence-electron chi connectivity index (χ0n) is 9.65. The number of piperidine rings is 1. The molecule has 1 fully saturated rings. The van der Waals surface area contributed by atoms with Crippen molar-refractivity contribution >= 4 is 27.7 Å². The van der Waals surface area contributed by atoms with E-state index in [0.29, 0.717) is 17.8 Å². The zero-order valence-corrected chi connectivity index (χ0v) is 11.2. The predicted octanol–water partition coefficient (Wildman–Crippen LogP) is 2.30. The standard InChI is InChI=1S/C11H17BrN4/c1-7-3-8(2)6-16(5-7)10-9(12)4-14-11(13)15-10/h4,7-8H,3,5-6H2,1-2H3,(H2,13,14,15). The summed E-state index contributed by atoms with van der Waals surface area (Å²) in [7, 11) is 0. The van der Waals surface area contributed by atoms with Crippen molar-refractivity contribution in [3.8, 4) is 0 Å². The molecule has 0 saturated carbocycles. The summed E-state index contributed by atoms with van der Waals surface area (Å²) >= 11 is 3.48. The van der Waals surface area contributed by atoms with Gasteiger partial charge >= 0.3 is 0 Å². The van der Waals surface area contributed by atoms with E-state index in [0.717, 1.165) is 23.4 Å². The lowest BCUT2D eigenvalue weighted by molar-refractivity contribution is 0.355. The molecule has 88 valence electrons. The second-order valence-corrected chi connectivity index (χ2v) is 5.61. The highest BCUT2D eigenvalue weighted by molar-refractivity contribution is 9.10. The fourth-order valence-corrected chi connectivity index (χ4v) is 2.87. The minimum atomic E-state index is 0.337. The van der Waals surface area contributed by atoms with Crippen molar-refractivity contribution in [2.45, 2.75) is 20.3 Å². The Hall–Kier alpha value is -0.840. The highest BCUT2D eigenvalue weighted by Crippen LogP contribution is 2.29. The molecule has 1 aliphatic heterocycles. The third-order valence-electron chi connectivity index (χ3n) is 2.91. The summed E-state index contributed by atoms with van der Waals surface area (Å²) in [4.78, 5) is 10.6. The number of nitrogens with zero attached hydrogens (tertiary/aromatic N) is 3. The highest BCUT2D eigenvalue weighted by Gasteiger charge is 2.24. The van der Waals surface area contributed by atoms with Crippen molar-refractivity contribution in [2.24, 2.45) is 11.8 Å². The maximum atomic E-state index is 5.63. The molecule has 2 unspecified atom stereocenters. The molecule has 1 aromatic heterocycles. The molecule has 2 atom stereocenters. The summed E-state index contributed by atoms with van der Waals surface area (Å²) in [5, 5.41) is 0. The van der Waals surface area contributed by atoms with E-state index in [1.807, 2.05) is 0 Å². The Morgan fingerprint density at radius 1 is 1.38 bits per heavy atom. The van der Waals surface area contributed by atoms with Crippen LogP contribution in [0.2, 0.25) is 0 Å². The van der Waals surface area contributed by atoms with Crippen molar-refractivity contribution < 1.29 is 0 Å². The van der Waals surface area contributed by atoms with Gasteiger partial charge in [-0.15, -0.1) is 0 Å². The van der Waals surface area contributed by atoms with Gasteiger partial charge in [-0.3, -0.25) is 0 Å². The number of nitrogen functional groups attached to an aromatic ring is 1. The first-order chi connectivity index (χ1) is 7.56. The molecule has 2 heterocycles. The Kier molecular flexibility index (Phi) is 3.33. The van der Waals surface area contributed by atoms with Crippen LogP contribution in [0.3, 0.4) is 0 Å². The highest BCUT2D eigenvalue weighted by atomic mass is 79.9. The molecular weight excluding hydrogens is 268 g/mol. The number of halogens is 1. The molecule has 5 heteroatoms. The van der Waals surface area contributed by atoms with Gasteiger partial charge in [0.1, 0.15) is 5.82 Å². The second-order valence-electron chi connectivity index (χ2n) is 4.75. The summed E-state index contributed by atoms with van der Waals surface area (Å²) in [6.45, 7) is 6.64. The zero-order chi connectivity index (χ0) is 11.7. The van der Waals surface area contributed by atoms with Gasteiger partial charge < -0.3 is 10.6 Å². The Morgan fingerprint density at radius 2 is 2.00 bits per heavy atom. The van der Waals surface area contributed by atoms with Crippen LogP contribution in [0.25, 0.3) is 0 Å². The predicted molar refractivity (Wildman–Crippen MR) is 69.3 cm³/mol. The lowest BCUT2D eigenvalue weighted by atomic mass is 9.92. The van der Waals surface area contributed by atoms with Crippen LogP contribution in [0.4, 0.5) is 11.8 Å². The van der Waals surface area contributed by atoms with Crippen LogP contribution >= 0.6 is 15.9 Å². The third-order valence-corrected chi connectivity index (χ3v) is 3.47. The van der Waals surface area contributed by atoms with E-state index in [9.17, 15) is 0 Å². The van der Waals surface area contributed by atoms with Crippen LogP contribution in [-0.2, 0) is 0 Å². The molecule has 0 aliphatic carbocycles. The Bertz CT molecular complexity index is 372. The molecule has 16 heavy (non-hydrogen) atoms. The molecular formula is C11H17BrN4. The average Bonchev–Trinajstić information content (AvgIpc) is 2.20. The molecule has 4 nitrogen and oxygen atoms in total. The van der Waals surface area contributed by atoms with E-state index >= 15 is 0 Å². The lowest BCUT2D eigenvalue weighted by Gasteiger charge is -2.36. The molecule has 1 aromatic rings. The molecule has 0 spiro atoms. The first-order valence-electron chi connectivity index (χ1n) is 5.59. The van der Waals surface area contributed by atoms with Gasteiger partial charge in [-0.2, -0.15) is 4.98 Å². The Morgan fingerprint density at radius 3 is 2.62 bits per heavy atom. The molecule has 1 saturated heterocycles. The van der Waals surface area contributed by atoms with Crippen molar-refractivity contribution in [3.05, 3.63) is 10.7 Å². The molecule has 1 aliphatic rings. The smallest absolute Gasteiger partial charge is 0.222 e. The van der Waals surface area contributed by atoms with Gasteiger partial charge in [0.2, 0.25) is 5.95 Å². The average molecular weight is 285 g/mol. The Balaban J connectivity index is 2.25. The van der Waals surface area contributed by atoms with Crippen LogP contribution in [0.15, 0.2) is 10.7 Å². The third kappa shape index (κ3) is 2.45. The topological polar surface area (TPSA) is 55.0 Å². The number of hydrogen-bond donors (Lipinski definition) is 1. The quantitative estimate of drug-likeness (QED) is 0.860. The van der Waals surface area contributed by atoms with Gasteiger partial charge in [0, 0.05) is 19.3 Å². The molecule has 0 bridgehead atoms. The van der Waals surface area contributed by atoms with E-state index in [1.54, 1.807) is 6.20 Å². The van der Waals surface area contributed by atoms with E-state index in [-0.39, 0.29) is 0 Å². The summed E-state index contributed by atoms with van der Waals surface area (Å²) in [5.74, 6) is 2.66. The summed E-state index contributed by atoms with van der Waals surface area (Å²) in [6, 6.07) is 0. The molecule has 2 rings (SSSR count). The number of nitrogens with two attached hydrogens (primary N) is 1. The van der Waals surface area contributed by atoms with E-state index in [4.69, 9.17) is 5.73 Å². The van der Waals surface area contributed by atoms with Crippen LogP contribution in [0.5, 0.6) is 0 Å². The van der Waals surface area contributed by atoms with Crippen molar-refractivity contribution in [1.82, 2.24) is 9.97 Å². The van der Waals surface area contributed by atoms with Crippen LogP contribution in [0.1, 0.15) is 20.3 Å². The number of rotatable bonds is 1. The first-order valence-corrected chi connectivity index (χ1v) is 6.38. The van der Waals surface area contributed by atoms with Gasteiger partial charge in [0.25, 0.3) is 0 Å². The number of aromatic nitrogens is 2. The lowest BCUT2D eigenvalue weighted by Crippen LogP contribution is -2.39. The van der Waals surface area contributed by atoms with Gasteiger partial charge in [0.05, 0.1) is 4.47 Å². The first kappa shape index (κ1) is 11.6. The van der Waals surface area contributed by atoms with Crippen LogP contribution in [-0.4, -0.2) is 23.1 Å². The fourth-order valence-electron chi connectivity index (χ4n) is 2.43. The number of anilines is 2. The van der Waals surface area contributed by atoms with Crippen LogP contribution in [0, 0.1) is 11.8 Å². The van der Waals surface area contributed by atoms with E-state index < -0.39 is 0 Å². The molecule has 0 radical (unpaired) electrons. The van der Waals surface area contributed by atoms with E-state index in [2.05, 4.69) is 44.6 Å². The summed E-state index contributed by atoms with van der Waals surface area (Å²) < 4.78 is 0.919. The number of hydrogen-bond acceptors (Lipinski definition) is 4. The van der Waals surface area contributed by atoms with Crippen LogP contribution < -0.4 is 10.6 Å². The second kappa shape index (κ2) is 4.57. The Labute approximate surface area is 104 Å². The minimum absolute atomic E-state index is 0.337.